The lowest BCUT2D eigenvalue weighted by molar-refractivity contribution is -0.274. The Bertz CT molecular complexity index is 431. The topological polar surface area (TPSA) is 47.6 Å². The van der Waals surface area contributed by atoms with Gasteiger partial charge in [-0.3, -0.25) is 0 Å². The molecule has 1 atom stereocenters. The van der Waals surface area contributed by atoms with E-state index in [-0.39, 0.29) is 12.4 Å². The average molecular weight is 291 g/mol. The molecule has 0 radical (unpaired) electrons. The van der Waals surface area contributed by atoms with Crippen LogP contribution >= 0.6 is 0 Å². The quantitative estimate of drug-likeness (QED) is 0.817. The van der Waals surface area contributed by atoms with Crippen LogP contribution in [0.15, 0.2) is 24.3 Å². The van der Waals surface area contributed by atoms with E-state index >= 15 is 0 Å². The van der Waals surface area contributed by atoms with Gasteiger partial charge in [-0.1, -0.05) is 6.92 Å². The van der Waals surface area contributed by atoms with Crippen LogP contribution in [0.1, 0.15) is 20.3 Å². The highest BCUT2D eigenvalue weighted by Crippen LogP contribution is 2.24. The summed E-state index contributed by atoms with van der Waals surface area (Å²) in [5.41, 5.74) is 0.513. The highest BCUT2D eigenvalue weighted by molar-refractivity contribution is 5.79. The molecule has 4 nitrogen and oxygen atoms in total. The van der Waals surface area contributed by atoms with Gasteiger partial charge in [0.15, 0.2) is 0 Å². The summed E-state index contributed by atoms with van der Waals surface area (Å²) in [6.07, 6.45) is -4.22. The van der Waals surface area contributed by atoms with E-state index in [9.17, 15) is 18.0 Å². The molecular weight excluding hydrogens is 275 g/mol. The van der Waals surface area contributed by atoms with E-state index < -0.39 is 18.4 Å². The molecule has 0 aromatic heterocycles. The molecule has 0 aliphatic rings. The van der Waals surface area contributed by atoms with Gasteiger partial charge in [-0.15, -0.1) is 13.2 Å². The number of halogens is 3. The van der Waals surface area contributed by atoms with Gasteiger partial charge in [0, 0.05) is 5.69 Å². The van der Waals surface area contributed by atoms with E-state index in [1.807, 2.05) is 0 Å². The van der Waals surface area contributed by atoms with Crippen LogP contribution in [-0.4, -0.2) is 25.0 Å². The Hall–Kier alpha value is -1.92. The summed E-state index contributed by atoms with van der Waals surface area (Å²) in [5.74, 6) is -0.710. The van der Waals surface area contributed by atoms with Crippen molar-refractivity contribution in [3.63, 3.8) is 0 Å². The van der Waals surface area contributed by atoms with Crippen LogP contribution in [0.5, 0.6) is 5.75 Å². The van der Waals surface area contributed by atoms with Gasteiger partial charge in [0.05, 0.1) is 6.61 Å². The van der Waals surface area contributed by atoms with E-state index in [2.05, 4.69) is 10.1 Å². The molecule has 0 amide bonds. The van der Waals surface area contributed by atoms with Crippen molar-refractivity contribution in [2.75, 3.05) is 11.9 Å². The molecule has 1 aromatic carbocycles. The Morgan fingerprint density at radius 3 is 2.30 bits per heavy atom. The minimum Gasteiger partial charge on any atom is -0.464 e. The number of rotatable bonds is 6. The molecule has 0 aliphatic heterocycles. The molecule has 112 valence electrons. The molecule has 0 bridgehead atoms. The van der Waals surface area contributed by atoms with Gasteiger partial charge in [-0.25, -0.2) is 4.79 Å². The van der Waals surface area contributed by atoms with Gasteiger partial charge in [0.2, 0.25) is 0 Å². The average Bonchev–Trinajstić information content (AvgIpc) is 2.36. The molecule has 20 heavy (non-hydrogen) atoms. The van der Waals surface area contributed by atoms with Gasteiger partial charge in [-0.2, -0.15) is 0 Å². The second-order valence-electron chi connectivity index (χ2n) is 3.93. The molecule has 1 N–H and O–H groups in total. The van der Waals surface area contributed by atoms with Crippen molar-refractivity contribution in [1.82, 2.24) is 0 Å². The standard InChI is InChI=1S/C13H16F3NO3/c1-3-11(12(18)19-4-2)17-9-5-7-10(8-6-9)20-13(14,15)16/h5-8,11,17H,3-4H2,1-2H3. The number of benzene rings is 1. The van der Waals surface area contributed by atoms with E-state index in [0.29, 0.717) is 12.1 Å². The molecule has 0 fully saturated rings. The number of hydrogen-bond donors (Lipinski definition) is 1. The summed E-state index contributed by atoms with van der Waals surface area (Å²) in [4.78, 5) is 11.6. The Labute approximate surface area is 114 Å². The highest BCUT2D eigenvalue weighted by Gasteiger charge is 2.31. The number of alkyl halides is 3. The summed E-state index contributed by atoms with van der Waals surface area (Å²) in [6.45, 7) is 3.78. The zero-order valence-electron chi connectivity index (χ0n) is 11.2. The molecular formula is C13H16F3NO3. The molecule has 1 unspecified atom stereocenters. The summed E-state index contributed by atoms with van der Waals surface area (Å²) in [5, 5.41) is 2.89. The summed E-state index contributed by atoms with van der Waals surface area (Å²) >= 11 is 0. The van der Waals surface area contributed by atoms with Crippen LogP contribution in [0.3, 0.4) is 0 Å². The fourth-order valence-corrected chi connectivity index (χ4v) is 1.52. The molecule has 1 aromatic rings. The summed E-state index contributed by atoms with van der Waals surface area (Å²) < 4.78 is 44.6. The van der Waals surface area contributed by atoms with Gasteiger partial charge in [0.1, 0.15) is 11.8 Å². The predicted molar refractivity (Wildman–Crippen MR) is 67.5 cm³/mol. The number of hydrogen-bond acceptors (Lipinski definition) is 4. The highest BCUT2D eigenvalue weighted by atomic mass is 19.4. The number of nitrogens with one attached hydrogen (secondary N) is 1. The third kappa shape index (κ3) is 5.38. The Balaban J connectivity index is 2.66. The van der Waals surface area contributed by atoms with Crippen LogP contribution in [-0.2, 0) is 9.53 Å². The Morgan fingerprint density at radius 2 is 1.85 bits per heavy atom. The van der Waals surface area contributed by atoms with Gasteiger partial charge < -0.3 is 14.8 Å². The molecule has 1 rings (SSSR count). The summed E-state index contributed by atoms with van der Waals surface area (Å²) in [7, 11) is 0. The first-order valence-corrected chi connectivity index (χ1v) is 6.14. The number of esters is 1. The monoisotopic (exact) mass is 291 g/mol. The maximum absolute atomic E-state index is 12.0. The first-order valence-electron chi connectivity index (χ1n) is 6.14. The van der Waals surface area contributed by atoms with Crippen LogP contribution in [0.2, 0.25) is 0 Å². The number of anilines is 1. The van der Waals surface area contributed by atoms with Crippen molar-refractivity contribution in [1.29, 1.82) is 0 Å². The second kappa shape index (κ2) is 7.02. The lowest BCUT2D eigenvalue weighted by atomic mass is 10.2. The van der Waals surface area contributed by atoms with Crippen LogP contribution < -0.4 is 10.1 Å². The predicted octanol–water partition coefficient (Wildman–Crippen LogP) is 3.34. The smallest absolute Gasteiger partial charge is 0.464 e. The molecule has 0 aliphatic carbocycles. The lowest BCUT2D eigenvalue weighted by Crippen LogP contribution is -2.30. The van der Waals surface area contributed by atoms with Crippen LogP contribution in [0.4, 0.5) is 18.9 Å². The normalized spacial score (nSPS) is 12.7. The van der Waals surface area contributed by atoms with Crippen molar-refractivity contribution in [2.24, 2.45) is 0 Å². The van der Waals surface area contributed by atoms with Crippen molar-refractivity contribution in [3.8, 4) is 5.75 Å². The van der Waals surface area contributed by atoms with Crippen LogP contribution in [0, 0.1) is 0 Å². The maximum atomic E-state index is 12.0. The second-order valence-corrected chi connectivity index (χ2v) is 3.93. The Morgan fingerprint density at radius 1 is 1.25 bits per heavy atom. The Kier molecular flexibility index (Phi) is 5.66. The largest absolute Gasteiger partial charge is 0.573 e. The minimum atomic E-state index is -4.72. The van der Waals surface area contributed by atoms with E-state index in [1.165, 1.54) is 24.3 Å². The van der Waals surface area contributed by atoms with Gasteiger partial charge in [-0.05, 0) is 37.6 Å². The number of ether oxygens (including phenoxy) is 2. The van der Waals surface area contributed by atoms with Gasteiger partial charge >= 0.3 is 12.3 Å². The van der Waals surface area contributed by atoms with Crippen LogP contribution in [0.25, 0.3) is 0 Å². The minimum absolute atomic E-state index is 0.273. The molecule has 0 heterocycles. The fraction of sp³-hybridized carbons (Fsp3) is 0.462. The third-order valence-corrected chi connectivity index (χ3v) is 2.41. The summed E-state index contributed by atoms with van der Waals surface area (Å²) in [6, 6.07) is 4.62. The van der Waals surface area contributed by atoms with E-state index in [4.69, 9.17) is 4.74 Å². The fourth-order valence-electron chi connectivity index (χ4n) is 1.52. The van der Waals surface area contributed by atoms with Gasteiger partial charge in [0.25, 0.3) is 0 Å². The number of carbonyl (C=O) groups excluding carboxylic acids is 1. The van der Waals surface area contributed by atoms with Crippen molar-refractivity contribution in [3.05, 3.63) is 24.3 Å². The zero-order chi connectivity index (χ0) is 15.2. The SMILES string of the molecule is CCOC(=O)C(CC)Nc1ccc(OC(F)(F)F)cc1. The first kappa shape index (κ1) is 16.1. The molecule has 7 heteroatoms. The van der Waals surface area contributed by atoms with E-state index in [1.54, 1.807) is 13.8 Å². The zero-order valence-corrected chi connectivity index (χ0v) is 11.2. The maximum Gasteiger partial charge on any atom is 0.573 e. The van der Waals surface area contributed by atoms with Crippen molar-refractivity contribution < 1.29 is 27.4 Å². The first-order chi connectivity index (χ1) is 9.35. The van der Waals surface area contributed by atoms with Crippen molar-refractivity contribution in [2.45, 2.75) is 32.7 Å². The molecule has 0 saturated heterocycles. The van der Waals surface area contributed by atoms with Crippen molar-refractivity contribution >= 4 is 11.7 Å². The number of carbonyl (C=O) groups is 1. The third-order valence-electron chi connectivity index (χ3n) is 2.41. The molecule has 0 saturated carbocycles. The van der Waals surface area contributed by atoms with E-state index in [0.717, 1.165) is 0 Å². The molecule has 0 spiro atoms. The lowest BCUT2D eigenvalue weighted by Gasteiger charge is -2.17.